The zero-order chi connectivity index (χ0) is 14.6. The van der Waals surface area contributed by atoms with Crippen molar-refractivity contribution in [3.05, 3.63) is 0 Å². The van der Waals surface area contributed by atoms with Gasteiger partial charge in [0, 0.05) is 20.8 Å². The van der Waals surface area contributed by atoms with Gasteiger partial charge in [-0.3, -0.25) is 14.4 Å². The van der Waals surface area contributed by atoms with E-state index in [4.69, 9.17) is 18.9 Å². The molecule has 108 valence electrons. The highest BCUT2D eigenvalue weighted by atomic mass is 19.1. The SMILES string of the molecule is CC(=O)O[C@H]1O[C@@H](CF)[C@H](OC(C)=O)[C@H]1OC(C)=O. The molecule has 8 heteroatoms. The second kappa shape index (κ2) is 6.46. The minimum absolute atomic E-state index is 0.687. The van der Waals surface area contributed by atoms with Gasteiger partial charge in [0.15, 0.2) is 6.10 Å². The number of alkyl halides is 1. The van der Waals surface area contributed by atoms with E-state index >= 15 is 0 Å². The van der Waals surface area contributed by atoms with Gasteiger partial charge in [0.25, 0.3) is 0 Å². The van der Waals surface area contributed by atoms with Crippen LogP contribution in [0.1, 0.15) is 20.8 Å². The molecule has 1 aliphatic rings. The van der Waals surface area contributed by atoms with Gasteiger partial charge >= 0.3 is 17.9 Å². The lowest BCUT2D eigenvalue weighted by molar-refractivity contribution is -0.195. The number of carbonyl (C=O) groups is 3. The Bertz CT molecular complexity index is 370. The molecule has 0 aromatic rings. The summed E-state index contributed by atoms with van der Waals surface area (Å²) in [5.41, 5.74) is 0. The van der Waals surface area contributed by atoms with E-state index < -0.39 is 49.2 Å². The molecule has 0 aromatic carbocycles. The van der Waals surface area contributed by atoms with Crippen LogP contribution in [0.3, 0.4) is 0 Å². The number of ether oxygens (including phenoxy) is 4. The van der Waals surface area contributed by atoms with E-state index in [1.165, 1.54) is 0 Å². The van der Waals surface area contributed by atoms with Crippen molar-refractivity contribution in [2.24, 2.45) is 0 Å². The molecule has 7 nitrogen and oxygen atoms in total. The number of halogens is 1. The van der Waals surface area contributed by atoms with E-state index in [-0.39, 0.29) is 0 Å². The Kier molecular flexibility index (Phi) is 5.22. The van der Waals surface area contributed by atoms with Crippen LogP contribution in [0.4, 0.5) is 4.39 Å². The number of hydrogen-bond donors (Lipinski definition) is 0. The van der Waals surface area contributed by atoms with Crippen LogP contribution < -0.4 is 0 Å². The van der Waals surface area contributed by atoms with Crippen molar-refractivity contribution in [3.63, 3.8) is 0 Å². The standard InChI is InChI=1S/C11H15FO7/c1-5(13)16-9-8(4-12)19-11(18-7(3)15)10(9)17-6(2)14/h8-11H,4H2,1-3H3/t8-,9-,10+,11-/m0/s1. The molecule has 1 aliphatic heterocycles. The lowest BCUT2D eigenvalue weighted by Crippen LogP contribution is -2.41. The first-order valence-corrected chi connectivity index (χ1v) is 5.58. The molecule has 0 aromatic heterocycles. The topological polar surface area (TPSA) is 88.1 Å². The average Bonchev–Trinajstić information content (AvgIpc) is 2.55. The minimum Gasteiger partial charge on any atom is -0.455 e. The largest absolute Gasteiger partial charge is 0.455 e. The zero-order valence-corrected chi connectivity index (χ0v) is 10.8. The van der Waals surface area contributed by atoms with Crippen molar-refractivity contribution in [3.8, 4) is 0 Å². The van der Waals surface area contributed by atoms with Gasteiger partial charge in [-0.25, -0.2) is 4.39 Å². The number of rotatable bonds is 4. The second-order valence-corrected chi connectivity index (χ2v) is 3.95. The Morgan fingerprint density at radius 1 is 0.947 bits per heavy atom. The van der Waals surface area contributed by atoms with E-state index in [1.54, 1.807) is 0 Å². The minimum atomic E-state index is -1.30. The molecule has 0 spiro atoms. The van der Waals surface area contributed by atoms with Gasteiger partial charge in [-0.1, -0.05) is 0 Å². The van der Waals surface area contributed by atoms with Gasteiger partial charge in [-0.05, 0) is 0 Å². The quantitative estimate of drug-likeness (QED) is 0.532. The molecule has 1 fully saturated rings. The molecule has 0 unspecified atom stereocenters. The van der Waals surface area contributed by atoms with E-state index in [2.05, 4.69) is 0 Å². The van der Waals surface area contributed by atoms with Crippen LogP contribution in [-0.4, -0.2) is 49.2 Å². The summed E-state index contributed by atoms with van der Waals surface area (Å²) in [5.74, 6) is -2.07. The fourth-order valence-corrected chi connectivity index (χ4v) is 1.73. The van der Waals surface area contributed by atoms with Gasteiger partial charge in [-0.15, -0.1) is 0 Å². The zero-order valence-electron chi connectivity index (χ0n) is 10.8. The average molecular weight is 278 g/mol. The molecule has 0 saturated carbocycles. The van der Waals surface area contributed by atoms with Crippen molar-refractivity contribution < 1.29 is 37.7 Å². The van der Waals surface area contributed by atoms with Crippen LogP contribution in [0.5, 0.6) is 0 Å². The molecule has 0 N–H and O–H groups in total. The van der Waals surface area contributed by atoms with Crippen LogP contribution in [0.2, 0.25) is 0 Å². The summed E-state index contributed by atoms with van der Waals surface area (Å²) in [4.78, 5) is 32.9. The van der Waals surface area contributed by atoms with Gasteiger partial charge in [0.1, 0.15) is 12.8 Å². The third-order valence-electron chi connectivity index (χ3n) is 2.31. The smallest absolute Gasteiger partial charge is 0.305 e. The maximum Gasteiger partial charge on any atom is 0.305 e. The molecule has 0 radical (unpaired) electrons. The predicted molar refractivity (Wildman–Crippen MR) is 57.5 cm³/mol. The summed E-state index contributed by atoms with van der Waals surface area (Å²) in [6, 6.07) is 0. The van der Waals surface area contributed by atoms with Crippen LogP contribution in [0.15, 0.2) is 0 Å². The first-order valence-electron chi connectivity index (χ1n) is 5.58. The van der Waals surface area contributed by atoms with Crippen molar-refractivity contribution in [2.45, 2.75) is 45.4 Å². The summed E-state index contributed by atoms with van der Waals surface area (Å²) < 4.78 is 32.4. The van der Waals surface area contributed by atoms with Crippen LogP contribution in [-0.2, 0) is 33.3 Å². The Morgan fingerprint density at radius 2 is 1.42 bits per heavy atom. The monoisotopic (exact) mass is 278 g/mol. The molecular weight excluding hydrogens is 263 g/mol. The molecule has 0 aliphatic carbocycles. The first-order chi connectivity index (χ1) is 8.85. The Hall–Kier alpha value is -1.70. The van der Waals surface area contributed by atoms with Gasteiger partial charge in [-0.2, -0.15) is 0 Å². The van der Waals surface area contributed by atoms with Crippen LogP contribution >= 0.6 is 0 Å². The summed E-state index contributed by atoms with van der Waals surface area (Å²) in [7, 11) is 0. The molecule has 19 heavy (non-hydrogen) atoms. The lowest BCUT2D eigenvalue weighted by Gasteiger charge is -2.22. The van der Waals surface area contributed by atoms with E-state index in [0.29, 0.717) is 0 Å². The fourth-order valence-electron chi connectivity index (χ4n) is 1.73. The molecule has 1 rings (SSSR count). The molecule has 1 heterocycles. The van der Waals surface area contributed by atoms with Crippen LogP contribution in [0.25, 0.3) is 0 Å². The van der Waals surface area contributed by atoms with Gasteiger partial charge in [0.05, 0.1) is 0 Å². The summed E-state index contributed by atoms with van der Waals surface area (Å²) in [5, 5.41) is 0. The van der Waals surface area contributed by atoms with Crippen molar-refractivity contribution in [1.82, 2.24) is 0 Å². The highest BCUT2D eigenvalue weighted by Crippen LogP contribution is 2.28. The maximum atomic E-state index is 12.8. The molecule has 0 amide bonds. The lowest BCUT2D eigenvalue weighted by atomic mass is 10.1. The third kappa shape index (κ3) is 4.16. The number of hydrogen-bond acceptors (Lipinski definition) is 7. The summed E-state index contributed by atoms with van der Waals surface area (Å²) >= 11 is 0. The molecule has 1 saturated heterocycles. The Balaban J connectivity index is 2.90. The predicted octanol–water partition coefficient (Wildman–Crippen LogP) is 0.107. The van der Waals surface area contributed by atoms with Gasteiger partial charge in [0.2, 0.25) is 12.4 Å². The van der Waals surface area contributed by atoms with Crippen molar-refractivity contribution >= 4 is 17.9 Å². The summed E-state index contributed by atoms with van der Waals surface area (Å²) in [6.07, 6.45) is -4.80. The molecule has 0 bridgehead atoms. The Morgan fingerprint density at radius 3 is 1.84 bits per heavy atom. The van der Waals surface area contributed by atoms with Gasteiger partial charge < -0.3 is 18.9 Å². The fraction of sp³-hybridized carbons (Fsp3) is 0.727. The third-order valence-corrected chi connectivity index (χ3v) is 2.31. The normalized spacial score (nSPS) is 29.7. The number of esters is 3. The van der Waals surface area contributed by atoms with Crippen LogP contribution in [0, 0.1) is 0 Å². The highest BCUT2D eigenvalue weighted by Gasteiger charge is 2.51. The highest BCUT2D eigenvalue weighted by molar-refractivity contribution is 5.68. The second-order valence-electron chi connectivity index (χ2n) is 3.95. The first kappa shape index (κ1) is 15.4. The summed E-state index contributed by atoms with van der Waals surface area (Å²) in [6.45, 7) is 2.39. The van der Waals surface area contributed by atoms with E-state index in [9.17, 15) is 18.8 Å². The molecule has 4 atom stereocenters. The number of carbonyl (C=O) groups excluding carboxylic acids is 3. The van der Waals surface area contributed by atoms with E-state index in [1.807, 2.05) is 0 Å². The Labute approximate surface area is 108 Å². The molecular formula is C11H15FO7. The van der Waals surface area contributed by atoms with E-state index in [0.717, 1.165) is 20.8 Å². The van der Waals surface area contributed by atoms with Crippen molar-refractivity contribution in [1.29, 1.82) is 0 Å². The van der Waals surface area contributed by atoms with Crippen molar-refractivity contribution in [2.75, 3.05) is 6.67 Å². The maximum absolute atomic E-state index is 12.8.